The third kappa shape index (κ3) is 3.41. The molecule has 2 amide bonds. The van der Waals surface area contributed by atoms with Gasteiger partial charge in [-0.25, -0.2) is 13.6 Å². The van der Waals surface area contributed by atoms with Crippen LogP contribution in [0.1, 0.15) is 13.8 Å². The number of hydrogen-bond acceptors (Lipinski definition) is 2. The maximum atomic E-state index is 13.4. The molecule has 6 heteroatoms. The van der Waals surface area contributed by atoms with Gasteiger partial charge in [-0.1, -0.05) is 0 Å². The number of nitrogens with one attached hydrogen (secondary N) is 1. The van der Waals surface area contributed by atoms with Crippen molar-refractivity contribution in [3.05, 3.63) is 29.8 Å². The van der Waals surface area contributed by atoms with Crippen molar-refractivity contribution in [2.45, 2.75) is 26.1 Å². The number of halogens is 2. The standard InChI is InChI=1S/C13H16F2N2O2/c1-8-6-17(7-9(2)19-8)13(18)16-12-5-10(14)3-4-11(12)15/h3-5,8-9H,6-7H2,1-2H3,(H,16,18). The van der Waals surface area contributed by atoms with Gasteiger partial charge >= 0.3 is 6.03 Å². The Labute approximate surface area is 110 Å². The molecule has 1 aromatic rings. The topological polar surface area (TPSA) is 41.6 Å². The van der Waals surface area contributed by atoms with E-state index in [1.165, 1.54) is 4.90 Å². The average molecular weight is 270 g/mol. The summed E-state index contributed by atoms with van der Waals surface area (Å²) in [5, 5.41) is 2.38. The van der Waals surface area contributed by atoms with Gasteiger partial charge in [0.05, 0.1) is 17.9 Å². The van der Waals surface area contributed by atoms with Gasteiger partial charge in [0.25, 0.3) is 0 Å². The fraction of sp³-hybridized carbons (Fsp3) is 0.462. The second kappa shape index (κ2) is 5.52. The number of carbonyl (C=O) groups excluding carboxylic acids is 1. The summed E-state index contributed by atoms with van der Waals surface area (Å²) in [5.74, 6) is -1.26. The Morgan fingerprint density at radius 1 is 1.32 bits per heavy atom. The summed E-state index contributed by atoms with van der Waals surface area (Å²) in [7, 11) is 0. The molecule has 1 saturated heterocycles. The highest BCUT2D eigenvalue weighted by molar-refractivity contribution is 5.89. The fourth-order valence-corrected chi connectivity index (χ4v) is 2.13. The lowest BCUT2D eigenvalue weighted by atomic mass is 10.2. The number of morpholine rings is 1. The van der Waals surface area contributed by atoms with E-state index >= 15 is 0 Å². The summed E-state index contributed by atoms with van der Waals surface area (Å²) in [4.78, 5) is 13.5. The zero-order valence-electron chi connectivity index (χ0n) is 10.8. The Kier molecular flexibility index (Phi) is 3.99. The first kappa shape index (κ1) is 13.7. The molecule has 1 fully saturated rings. The highest BCUT2D eigenvalue weighted by Gasteiger charge is 2.26. The average Bonchev–Trinajstić information content (AvgIpc) is 2.32. The van der Waals surface area contributed by atoms with Crippen LogP contribution in [0.15, 0.2) is 18.2 Å². The number of carbonyl (C=O) groups is 1. The first-order valence-electron chi connectivity index (χ1n) is 6.12. The first-order chi connectivity index (χ1) is 8.95. The molecular formula is C13H16F2N2O2. The molecule has 1 aliphatic heterocycles. The number of nitrogens with zero attached hydrogens (tertiary/aromatic N) is 1. The van der Waals surface area contributed by atoms with E-state index in [4.69, 9.17) is 4.74 Å². The first-order valence-corrected chi connectivity index (χ1v) is 6.12. The summed E-state index contributed by atoms with van der Waals surface area (Å²) in [6, 6.07) is 2.49. The molecular weight excluding hydrogens is 254 g/mol. The van der Waals surface area contributed by atoms with Crippen LogP contribution in [0.5, 0.6) is 0 Å². The van der Waals surface area contributed by atoms with Gasteiger partial charge in [0.1, 0.15) is 11.6 Å². The molecule has 0 spiro atoms. The van der Waals surface area contributed by atoms with Crippen LogP contribution in [-0.4, -0.2) is 36.2 Å². The summed E-state index contributed by atoms with van der Waals surface area (Å²) in [6.07, 6.45) is -0.154. The monoisotopic (exact) mass is 270 g/mol. The highest BCUT2D eigenvalue weighted by Crippen LogP contribution is 2.17. The van der Waals surface area contributed by atoms with Crippen molar-refractivity contribution in [2.75, 3.05) is 18.4 Å². The van der Waals surface area contributed by atoms with Crippen LogP contribution in [0.25, 0.3) is 0 Å². The van der Waals surface area contributed by atoms with E-state index in [0.29, 0.717) is 13.1 Å². The van der Waals surface area contributed by atoms with Gasteiger partial charge in [0, 0.05) is 19.2 Å². The van der Waals surface area contributed by atoms with Crippen LogP contribution in [0, 0.1) is 11.6 Å². The molecule has 1 heterocycles. The zero-order chi connectivity index (χ0) is 14.0. The third-order valence-corrected chi connectivity index (χ3v) is 2.88. The van der Waals surface area contributed by atoms with E-state index in [2.05, 4.69) is 5.32 Å². The molecule has 19 heavy (non-hydrogen) atoms. The molecule has 104 valence electrons. The van der Waals surface area contributed by atoms with Crippen LogP contribution in [-0.2, 0) is 4.74 Å². The van der Waals surface area contributed by atoms with Gasteiger partial charge in [-0.2, -0.15) is 0 Å². The minimum absolute atomic E-state index is 0.0770. The SMILES string of the molecule is CC1CN(C(=O)Nc2cc(F)ccc2F)CC(C)O1. The molecule has 4 nitrogen and oxygen atoms in total. The lowest BCUT2D eigenvalue weighted by molar-refractivity contribution is -0.0530. The largest absolute Gasteiger partial charge is 0.372 e. The maximum Gasteiger partial charge on any atom is 0.322 e. The molecule has 0 radical (unpaired) electrons. The normalized spacial score (nSPS) is 23.3. The number of hydrogen-bond donors (Lipinski definition) is 1. The minimum Gasteiger partial charge on any atom is -0.372 e. The summed E-state index contributed by atoms with van der Waals surface area (Å²) < 4.78 is 31.9. The Hall–Kier alpha value is -1.69. The van der Waals surface area contributed by atoms with E-state index in [9.17, 15) is 13.6 Å². The lowest BCUT2D eigenvalue weighted by Gasteiger charge is -2.35. The van der Waals surface area contributed by atoms with Gasteiger partial charge in [0.15, 0.2) is 0 Å². The van der Waals surface area contributed by atoms with E-state index in [-0.39, 0.29) is 17.9 Å². The molecule has 2 rings (SSSR count). The second-order valence-corrected chi connectivity index (χ2v) is 4.72. The third-order valence-electron chi connectivity index (χ3n) is 2.88. The molecule has 0 bridgehead atoms. The van der Waals surface area contributed by atoms with Crippen LogP contribution in [0.3, 0.4) is 0 Å². The van der Waals surface area contributed by atoms with E-state index in [1.807, 2.05) is 13.8 Å². The molecule has 2 atom stereocenters. The van der Waals surface area contributed by atoms with Crippen molar-refractivity contribution < 1.29 is 18.3 Å². The number of amides is 2. The molecule has 2 unspecified atom stereocenters. The predicted molar refractivity (Wildman–Crippen MR) is 67.0 cm³/mol. The van der Waals surface area contributed by atoms with Crippen molar-refractivity contribution in [2.24, 2.45) is 0 Å². The molecule has 0 aromatic heterocycles. The molecule has 1 N–H and O–H groups in total. The zero-order valence-corrected chi connectivity index (χ0v) is 10.8. The highest BCUT2D eigenvalue weighted by atomic mass is 19.1. The fourth-order valence-electron chi connectivity index (χ4n) is 2.13. The van der Waals surface area contributed by atoms with Crippen molar-refractivity contribution in [1.82, 2.24) is 4.90 Å². The number of benzene rings is 1. The number of anilines is 1. The van der Waals surface area contributed by atoms with E-state index < -0.39 is 17.7 Å². The van der Waals surface area contributed by atoms with Crippen molar-refractivity contribution in [1.29, 1.82) is 0 Å². The predicted octanol–water partition coefficient (Wildman–Crippen LogP) is 2.61. The Bertz CT molecular complexity index is 472. The smallest absolute Gasteiger partial charge is 0.322 e. The minimum atomic E-state index is -0.663. The van der Waals surface area contributed by atoms with Crippen molar-refractivity contribution >= 4 is 11.7 Å². The molecule has 1 aliphatic rings. The Morgan fingerprint density at radius 3 is 2.58 bits per heavy atom. The summed E-state index contributed by atoms with van der Waals surface area (Å²) in [6.45, 7) is 4.57. The van der Waals surface area contributed by atoms with Crippen LogP contribution >= 0.6 is 0 Å². The molecule has 0 aliphatic carbocycles. The number of rotatable bonds is 1. The maximum absolute atomic E-state index is 13.4. The van der Waals surface area contributed by atoms with Crippen LogP contribution < -0.4 is 5.32 Å². The van der Waals surface area contributed by atoms with Gasteiger partial charge < -0.3 is 15.0 Å². The summed E-state index contributed by atoms with van der Waals surface area (Å²) in [5.41, 5.74) is -0.156. The quantitative estimate of drug-likeness (QED) is 0.852. The Balaban J connectivity index is 2.06. The number of urea groups is 1. The Morgan fingerprint density at radius 2 is 1.95 bits per heavy atom. The van der Waals surface area contributed by atoms with E-state index in [1.54, 1.807) is 0 Å². The van der Waals surface area contributed by atoms with Gasteiger partial charge in [-0.15, -0.1) is 0 Å². The van der Waals surface area contributed by atoms with Gasteiger partial charge in [-0.3, -0.25) is 0 Å². The van der Waals surface area contributed by atoms with Crippen molar-refractivity contribution in [3.63, 3.8) is 0 Å². The number of ether oxygens (including phenoxy) is 1. The van der Waals surface area contributed by atoms with Gasteiger partial charge in [0.2, 0.25) is 0 Å². The second-order valence-electron chi connectivity index (χ2n) is 4.72. The molecule has 1 aromatic carbocycles. The van der Waals surface area contributed by atoms with Crippen LogP contribution in [0.2, 0.25) is 0 Å². The van der Waals surface area contributed by atoms with E-state index in [0.717, 1.165) is 18.2 Å². The van der Waals surface area contributed by atoms with Crippen LogP contribution in [0.4, 0.5) is 19.3 Å². The summed E-state index contributed by atoms with van der Waals surface area (Å²) >= 11 is 0. The molecule has 0 saturated carbocycles. The lowest BCUT2D eigenvalue weighted by Crippen LogP contribution is -2.49. The van der Waals surface area contributed by atoms with Crippen molar-refractivity contribution in [3.8, 4) is 0 Å². The van der Waals surface area contributed by atoms with Gasteiger partial charge in [-0.05, 0) is 26.0 Å².